The summed E-state index contributed by atoms with van der Waals surface area (Å²) in [5, 5.41) is 13.5. The SMILES string of the molecule is COCC(CNc1ccc([N+](=O)[O-])c(N)n1)OC. The average molecular weight is 256 g/mol. The minimum absolute atomic E-state index is 0.120. The van der Waals surface area contributed by atoms with Crippen molar-refractivity contribution in [2.75, 3.05) is 38.4 Å². The van der Waals surface area contributed by atoms with Crippen molar-refractivity contribution < 1.29 is 14.4 Å². The molecule has 3 N–H and O–H groups in total. The molecule has 18 heavy (non-hydrogen) atoms. The molecular formula is C10H16N4O4. The van der Waals surface area contributed by atoms with Crippen molar-refractivity contribution in [2.45, 2.75) is 6.10 Å². The minimum Gasteiger partial charge on any atom is -0.382 e. The van der Waals surface area contributed by atoms with Gasteiger partial charge in [0.05, 0.1) is 17.6 Å². The van der Waals surface area contributed by atoms with Crippen LogP contribution in [-0.4, -0.2) is 43.4 Å². The first kappa shape index (κ1) is 14.1. The number of pyridine rings is 1. The molecule has 1 aromatic heterocycles. The first-order chi connectivity index (χ1) is 8.58. The van der Waals surface area contributed by atoms with Crippen molar-refractivity contribution in [3.63, 3.8) is 0 Å². The van der Waals surface area contributed by atoms with Gasteiger partial charge in [-0.3, -0.25) is 10.1 Å². The number of nitro groups is 1. The van der Waals surface area contributed by atoms with Gasteiger partial charge in [0.1, 0.15) is 5.82 Å². The number of aromatic nitrogens is 1. The van der Waals surface area contributed by atoms with Gasteiger partial charge in [-0.15, -0.1) is 0 Å². The van der Waals surface area contributed by atoms with Gasteiger partial charge in [-0.1, -0.05) is 0 Å². The molecule has 0 saturated carbocycles. The van der Waals surface area contributed by atoms with E-state index in [1.165, 1.54) is 12.1 Å². The highest BCUT2D eigenvalue weighted by atomic mass is 16.6. The fraction of sp³-hybridized carbons (Fsp3) is 0.500. The predicted molar refractivity (Wildman–Crippen MR) is 66.5 cm³/mol. The zero-order valence-electron chi connectivity index (χ0n) is 10.3. The summed E-state index contributed by atoms with van der Waals surface area (Å²) in [5.74, 6) is 0.335. The molecule has 0 bridgehead atoms. The lowest BCUT2D eigenvalue weighted by Crippen LogP contribution is -2.26. The van der Waals surface area contributed by atoms with Crippen LogP contribution >= 0.6 is 0 Å². The van der Waals surface area contributed by atoms with E-state index in [9.17, 15) is 10.1 Å². The fourth-order valence-corrected chi connectivity index (χ4v) is 1.33. The molecule has 1 aromatic rings. The van der Waals surface area contributed by atoms with Gasteiger partial charge in [0.25, 0.3) is 0 Å². The summed E-state index contributed by atoms with van der Waals surface area (Å²) in [6, 6.07) is 2.80. The number of nitrogens with two attached hydrogens (primary N) is 1. The van der Waals surface area contributed by atoms with Crippen LogP contribution in [0.2, 0.25) is 0 Å². The molecule has 100 valence electrons. The molecule has 0 aliphatic carbocycles. The molecule has 0 aliphatic rings. The third kappa shape index (κ3) is 3.82. The largest absolute Gasteiger partial charge is 0.382 e. The first-order valence-corrected chi connectivity index (χ1v) is 5.25. The van der Waals surface area contributed by atoms with Crippen molar-refractivity contribution in [2.24, 2.45) is 0 Å². The summed E-state index contributed by atoms with van der Waals surface area (Å²) in [4.78, 5) is 13.9. The van der Waals surface area contributed by atoms with Crippen LogP contribution in [0.4, 0.5) is 17.3 Å². The number of methoxy groups -OCH3 is 2. The number of nitrogens with one attached hydrogen (secondary N) is 1. The van der Waals surface area contributed by atoms with E-state index in [0.717, 1.165) is 0 Å². The van der Waals surface area contributed by atoms with E-state index in [0.29, 0.717) is 19.0 Å². The third-order valence-corrected chi connectivity index (χ3v) is 2.30. The fourth-order valence-electron chi connectivity index (χ4n) is 1.33. The lowest BCUT2D eigenvalue weighted by atomic mass is 10.3. The summed E-state index contributed by atoms with van der Waals surface area (Å²) in [5.41, 5.74) is 5.26. The van der Waals surface area contributed by atoms with Crippen LogP contribution < -0.4 is 11.1 Å². The highest BCUT2D eigenvalue weighted by Crippen LogP contribution is 2.20. The maximum atomic E-state index is 10.6. The quantitative estimate of drug-likeness (QED) is 0.543. The molecule has 0 amide bonds. The van der Waals surface area contributed by atoms with Gasteiger partial charge >= 0.3 is 5.69 Å². The zero-order valence-corrected chi connectivity index (χ0v) is 10.3. The molecule has 1 rings (SSSR count). The van der Waals surface area contributed by atoms with Crippen molar-refractivity contribution in [3.8, 4) is 0 Å². The highest BCUT2D eigenvalue weighted by Gasteiger charge is 2.13. The first-order valence-electron chi connectivity index (χ1n) is 5.25. The summed E-state index contributed by atoms with van der Waals surface area (Å²) in [6.45, 7) is 0.903. The lowest BCUT2D eigenvalue weighted by molar-refractivity contribution is -0.384. The topological polar surface area (TPSA) is 113 Å². The second kappa shape index (κ2) is 6.72. The van der Waals surface area contributed by atoms with Gasteiger partial charge in [0.2, 0.25) is 5.82 Å². The third-order valence-electron chi connectivity index (χ3n) is 2.30. The molecule has 0 radical (unpaired) electrons. The number of nitrogens with zero attached hydrogens (tertiary/aromatic N) is 2. The van der Waals surface area contributed by atoms with E-state index in [2.05, 4.69) is 10.3 Å². The Labute approximate surface area is 104 Å². The Bertz CT molecular complexity index is 413. The Morgan fingerprint density at radius 3 is 2.78 bits per heavy atom. The van der Waals surface area contributed by atoms with Crippen LogP contribution in [0.1, 0.15) is 0 Å². The van der Waals surface area contributed by atoms with Crippen LogP contribution in [-0.2, 0) is 9.47 Å². The zero-order chi connectivity index (χ0) is 13.5. The maximum absolute atomic E-state index is 10.6. The number of nitrogen functional groups attached to an aromatic ring is 1. The van der Waals surface area contributed by atoms with Gasteiger partial charge in [-0.2, -0.15) is 0 Å². The van der Waals surface area contributed by atoms with Crippen molar-refractivity contribution in [1.82, 2.24) is 4.98 Å². The Hall–Kier alpha value is -1.93. The van der Waals surface area contributed by atoms with E-state index in [1.54, 1.807) is 14.2 Å². The molecule has 0 aromatic carbocycles. The smallest absolute Gasteiger partial charge is 0.311 e. The normalized spacial score (nSPS) is 12.1. The van der Waals surface area contributed by atoms with E-state index in [4.69, 9.17) is 15.2 Å². The summed E-state index contributed by atoms with van der Waals surface area (Å²) in [7, 11) is 3.15. The van der Waals surface area contributed by atoms with Crippen LogP contribution in [0, 0.1) is 10.1 Å². The van der Waals surface area contributed by atoms with Crippen molar-refractivity contribution in [3.05, 3.63) is 22.2 Å². The van der Waals surface area contributed by atoms with Crippen LogP contribution in [0.3, 0.4) is 0 Å². The van der Waals surface area contributed by atoms with Crippen LogP contribution in [0.25, 0.3) is 0 Å². The number of anilines is 2. The Morgan fingerprint density at radius 1 is 1.56 bits per heavy atom. The van der Waals surface area contributed by atoms with E-state index >= 15 is 0 Å². The van der Waals surface area contributed by atoms with E-state index in [-0.39, 0.29) is 17.6 Å². The summed E-state index contributed by atoms with van der Waals surface area (Å²) >= 11 is 0. The molecule has 1 heterocycles. The van der Waals surface area contributed by atoms with Gasteiger partial charge in [-0.25, -0.2) is 4.98 Å². The second-order valence-electron chi connectivity index (χ2n) is 3.55. The Morgan fingerprint density at radius 2 is 2.28 bits per heavy atom. The van der Waals surface area contributed by atoms with E-state index < -0.39 is 4.92 Å². The van der Waals surface area contributed by atoms with E-state index in [1.807, 2.05) is 0 Å². The molecule has 0 saturated heterocycles. The number of hydrogen-bond donors (Lipinski definition) is 2. The summed E-state index contributed by atoms with van der Waals surface area (Å²) < 4.78 is 10.1. The van der Waals surface area contributed by atoms with Gasteiger partial charge < -0.3 is 20.5 Å². The second-order valence-corrected chi connectivity index (χ2v) is 3.55. The highest BCUT2D eigenvalue weighted by molar-refractivity contribution is 5.57. The lowest BCUT2D eigenvalue weighted by Gasteiger charge is -2.15. The minimum atomic E-state index is -0.574. The van der Waals surface area contributed by atoms with Gasteiger partial charge in [-0.05, 0) is 6.07 Å². The van der Waals surface area contributed by atoms with Crippen molar-refractivity contribution >= 4 is 17.3 Å². The molecule has 1 unspecified atom stereocenters. The molecular weight excluding hydrogens is 240 g/mol. The van der Waals surface area contributed by atoms with Gasteiger partial charge in [0.15, 0.2) is 0 Å². The molecule has 0 aliphatic heterocycles. The molecule has 0 spiro atoms. The molecule has 0 fully saturated rings. The monoisotopic (exact) mass is 256 g/mol. The Balaban J connectivity index is 2.63. The number of hydrogen-bond acceptors (Lipinski definition) is 7. The van der Waals surface area contributed by atoms with Gasteiger partial charge in [0, 0.05) is 26.8 Å². The Kier molecular flexibility index (Phi) is 5.28. The molecule has 1 atom stereocenters. The van der Waals surface area contributed by atoms with Crippen LogP contribution in [0.5, 0.6) is 0 Å². The summed E-state index contributed by atoms with van der Waals surface area (Å²) in [6.07, 6.45) is -0.131. The number of ether oxygens (including phenoxy) is 2. The predicted octanol–water partition coefficient (Wildman–Crippen LogP) is 0.645. The molecule has 8 nitrogen and oxygen atoms in total. The average Bonchev–Trinajstić information content (AvgIpc) is 2.34. The molecule has 8 heteroatoms. The van der Waals surface area contributed by atoms with Crippen LogP contribution in [0.15, 0.2) is 12.1 Å². The maximum Gasteiger partial charge on any atom is 0.311 e. The van der Waals surface area contributed by atoms with Crippen molar-refractivity contribution in [1.29, 1.82) is 0 Å². The standard InChI is InChI=1S/C10H16N4O4/c1-17-6-7(18-2)5-12-9-4-3-8(14(15)16)10(11)13-9/h3-4,7H,5-6H2,1-2H3,(H3,11,12,13). The number of rotatable bonds is 7.